The minimum absolute atomic E-state index is 0.352. The Hall–Kier alpha value is -3.39. The number of hydrogen-bond acceptors (Lipinski definition) is 8. The van der Waals surface area contributed by atoms with Gasteiger partial charge < -0.3 is 15.2 Å². The first kappa shape index (κ1) is 18.4. The number of hydrazone groups is 1. The Morgan fingerprint density at radius 2 is 2.11 bits per heavy atom. The number of carbonyl (C=O) groups is 1. The second-order valence-corrected chi connectivity index (χ2v) is 6.36. The van der Waals surface area contributed by atoms with E-state index in [9.17, 15) is 4.79 Å². The highest BCUT2D eigenvalue weighted by Gasteiger charge is 2.06. The zero-order valence-electron chi connectivity index (χ0n) is 14.6. The molecule has 0 amide bonds. The average Bonchev–Trinajstić information content (AvgIpc) is 3.12. The molecule has 1 heterocycles. The minimum Gasteiger partial charge on any atom is -0.489 e. The summed E-state index contributed by atoms with van der Waals surface area (Å²) in [5.74, 6) is 0.821. The minimum atomic E-state index is -0.366. The molecule has 3 N–H and O–H groups in total. The van der Waals surface area contributed by atoms with Gasteiger partial charge >= 0.3 is 5.97 Å². The summed E-state index contributed by atoms with van der Waals surface area (Å²) < 4.78 is 10.5. The fraction of sp³-hybridized carbons (Fsp3) is 0.105. The molecule has 1 aromatic heterocycles. The van der Waals surface area contributed by atoms with E-state index in [0.717, 1.165) is 16.9 Å². The molecule has 0 radical (unpaired) electrons. The first-order valence-electron chi connectivity index (χ1n) is 8.04. The number of carbonyl (C=O) groups excluding carboxylic acids is 1. The van der Waals surface area contributed by atoms with Crippen molar-refractivity contribution in [1.29, 1.82) is 0 Å². The van der Waals surface area contributed by atoms with Crippen LogP contribution < -0.4 is 15.9 Å². The van der Waals surface area contributed by atoms with E-state index in [1.165, 1.54) is 18.4 Å². The van der Waals surface area contributed by atoms with Crippen LogP contribution in [0.5, 0.6) is 5.75 Å². The van der Waals surface area contributed by atoms with Crippen molar-refractivity contribution in [3.63, 3.8) is 0 Å². The van der Waals surface area contributed by atoms with Crippen LogP contribution >= 0.6 is 11.3 Å². The third kappa shape index (κ3) is 5.29. The van der Waals surface area contributed by atoms with Gasteiger partial charge in [-0.15, -0.1) is 11.3 Å². The molecule has 0 aliphatic rings. The number of nitrogens with one attached hydrogen (secondary N) is 1. The van der Waals surface area contributed by atoms with Crippen LogP contribution in [0.15, 0.2) is 59.0 Å². The zero-order valence-corrected chi connectivity index (χ0v) is 15.4. The van der Waals surface area contributed by atoms with Gasteiger partial charge in [-0.25, -0.2) is 9.78 Å². The van der Waals surface area contributed by atoms with E-state index in [0.29, 0.717) is 23.1 Å². The summed E-state index contributed by atoms with van der Waals surface area (Å²) in [6.07, 6.45) is 1.68. The average molecular weight is 382 g/mol. The van der Waals surface area contributed by atoms with Gasteiger partial charge in [0.15, 0.2) is 0 Å². The van der Waals surface area contributed by atoms with Crippen molar-refractivity contribution in [2.24, 2.45) is 5.10 Å². The summed E-state index contributed by atoms with van der Waals surface area (Å²) in [5, 5.41) is 6.49. The molecule has 0 bridgehead atoms. The van der Waals surface area contributed by atoms with Crippen LogP contribution in [-0.2, 0) is 11.3 Å². The van der Waals surface area contributed by atoms with Crippen molar-refractivity contribution in [2.45, 2.75) is 6.61 Å². The number of nitrogens with two attached hydrogens (primary N) is 1. The number of nitrogens with zero attached hydrogens (tertiary/aromatic N) is 2. The quantitative estimate of drug-likeness (QED) is 0.368. The fourth-order valence-electron chi connectivity index (χ4n) is 2.22. The van der Waals surface area contributed by atoms with Crippen LogP contribution in [0.25, 0.3) is 0 Å². The molecule has 27 heavy (non-hydrogen) atoms. The van der Waals surface area contributed by atoms with Crippen LogP contribution in [0.3, 0.4) is 0 Å². The molecule has 8 heteroatoms. The Kier molecular flexibility index (Phi) is 6.01. The highest BCUT2D eigenvalue weighted by Crippen LogP contribution is 2.17. The smallest absolute Gasteiger partial charge is 0.337 e. The molecular formula is C19H18N4O3S. The van der Waals surface area contributed by atoms with Crippen molar-refractivity contribution >= 4 is 34.5 Å². The number of anilines is 2. The maximum atomic E-state index is 11.6. The molecule has 3 rings (SSSR count). The Morgan fingerprint density at radius 3 is 2.81 bits per heavy atom. The molecule has 0 fully saturated rings. The van der Waals surface area contributed by atoms with Crippen LogP contribution in [0.2, 0.25) is 0 Å². The number of benzene rings is 2. The number of ether oxygens (including phenoxy) is 2. The monoisotopic (exact) mass is 382 g/mol. The van der Waals surface area contributed by atoms with Crippen molar-refractivity contribution in [3.8, 4) is 5.75 Å². The molecule has 0 aliphatic heterocycles. The van der Waals surface area contributed by atoms with Gasteiger partial charge in [-0.3, -0.25) is 5.43 Å². The van der Waals surface area contributed by atoms with Crippen molar-refractivity contribution in [3.05, 3.63) is 70.6 Å². The van der Waals surface area contributed by atoms with Gasteiger partial charge in [-0.2, -0.15) is 5.10 Å². The predicted molar refractivity (Wildman–Crippen MR) is 106 cm³/mol. The van der Waals surface area contributed by atoms with Crippen LogP contribution in [0.4, 0.5) is 10.9 Å². The number of nitrogen functional groups attached to an aromatic ring is 1. The van der Waals surface area contributed by atoms with Crippen molar-refractivity contribution in [2.75, 3.05) is 18.3 Å². The second kappa shape index (κ2) is 8.81. The van der Waals surface area contributed by atoms with Gasteiger partial charge in [0.2, 0.25) is 5.13 Å². The van der Waals surface area contributed by atoms with E-state index in [1.54, 1.807) is 29.8 Å². The van der Waals surface area contributed by atoms with Gasteiger partial charge in [0, 0.05) is 5.38 Å². The normalized spacial score (nSPS) is 10.7. The Balaban J connectivity index is 1.54. The summed E-state index contributed by atoms with van der Waals surface area (Å²) >= 11 is 1.39. The fourth-order valence-corrected chi connectivity index (χ4v) is 2.77. The standard InChI is InChI=1S/C19H18N4O3S/c1-25-18(24)15-4-2-3-14(9-15)11-26-16-7-5-13(6-8-16)10-21-23-19-22-17(20)12-27-19/h2-10,12H,11,20H2,1H3,(H,22,23). The summed E-state index contributed by atoms with van der Waals surface area (Å²) in [6, 6.07) is 14.6. The van der Waals surface area contributed by atoms with E-state index >= 15 is 0 Å². The van der Waals surface area contributed by atoms with Gasteiger partial charge in [-0.1, -0.05) is 12.1 Å². The summed E-state index contributed by atoms with van der Waals surface area (Å²) in [5.41, 5.74) is 10.7. The Labute approximate surface area is 160 Å². The van der Waals surface area contributed by atoms with Gasteiger partial charge in [0.05, 0.1) is 18.9 Å². The number of thiazole rings is 1. The number of hydrogen-bond donors (Lipinski definition) is 2. The Morgan fingerprint density at radius 1 is 1.30 bits per heavy atom. The van der Waals surface area contributed by atoms with Gasteiger partial charge in [0.1, 0.15) is 18.2 Å². The lowest BCUT2D eigenvalue weighted by Gasteiger charge is -2.07. The van der Waals surface area contributed by atoms with Crippen LogP contribution in [-0.4, -0.2) is 24.3 Å². The van der Waals surface area contributed by atoms with Crippen molar-refractivity contribution < 1.29 is 14.3 Å². The van der Waals surface area contributed by atoms with Crippen molar-refractivity contribution in [1.82, 2.24) is 4.98 Å². The molecule has 7 nitrogen and oxygen atoms in total. The summed E-state index contributed by atoms with van der Waals surface area (Å²) in [4.78, 5) is 15.6. The molecule has 0 aliphatic carbocycles. The summed E-state index contributed by atoms with van der Waals surface area (Å²) in [6.45, 7) is 0.352. The molecule has 0 spiro atoms. The molecule has 138 valence electrons. The van der Waals surface area contributed by atoms with Gasteiger partial charge in [0.25, 0.3) is 0 Å². The predicted octanol–water partition coefficient (Wildman–Crippen LogP) is 3.54. The third-order valence-corrected chi connectivity index (χ3v) is 4.29. The number of methoxy groups -OCH3 is 1. The number of esters is 1. The van der Waals surface area contributed by atoms with Crippen LogP contribution in [0, 0.1) is 0 Å². The SMILES string of the molecule is COC(=O)c1cccc(COc2ccc(C=NNc3nc(N)cs3)cc2)c1. The lowest BCUT2D eigenvalue weighted by molar-refractivity contribution is 0.0600. The Bertz CT molecular complexity index is 938. The lowest BCUT2D eigenvalue weighted by Crippen LogP contribution is -2.03. The lowest BCUT2D eigenvalue weighted by atomic mass is 10.1. The molecular weight excluding hydrogens is 364 g/mol. The molecule has 0 saturated carbocycles. The molecule has 0 unspecified atom stereocenters. The first-order chi connectivity index (χ1) is 13.1. The highest BCUT2D eigenvalue weighted by molar-refractivity contribution is 7.14. The largest absolute Gasteiger partial charge is 0.489 e. The number of aromatic nitrogens is 1. The van der Waals surface area contributed by atoms with E-state index in [1.807, 2.05) is 30.3 Å². The van der Waals surface area contributed by atoms with E-state index in [-0.39, 0.29) is 5.97 Å². The van der Waals surface area contributed by atoms with E-state index < -0.39 is 0 Å². The summed E-state index contributed by atoms with van der Waals surface area (Å²) in [7, 11) is 1.36. The topological polar surface area (TPSA) is 98.8 Å². The highest BCUT2D eigenvalue weighted by atomic mass is 32.1. The van der Waals surface area contributed by atoms with E-state index in [2.05, 4.69) is 15.5 Å². The van der Waals surface area contributed by atoms with Crippen LogP contribution in [0.1, 0.15) is 21.5 Å². The third-order valence-electron chi connectivity index (χ3n) is 3.53. The van der Waals surface area contributed by atoms with Gasteiger partial charge in [-0.05, 0) is 47.5 Å². The maximum absolute atomic E-state index is 11.6. The molecule has 3 aromatic rings. The second-order valence-electron chi connectivity index (χ2n) is 5.50. The molecule has 0 atom stereocenters. The first-order valence-corrected chi connectivity index (χ1v) is 8.92. The molecule has 0 saturated heterocycles. The van der Waals surface area contributed by atoms with E-state index in [4.69, 9.17) is 15.2 Å². The maximum Gasteiger partial charge on any atom is 0.337 e. The zero-order chi connectivity index (χ0) is 19.1. The molecule has 2 aromatic carbocycles. The number of rotatable bonds is 7.